The highest BCUT2D eigenvalue weighted by Crippen LogP contribution is 2.21. The number of nitrogens with one attached hydrogen (secondary N) is 2. The molecule has 0 saturated carbocycles. The highest BCUT2D eigenvalue weighted by Gasteiger charge is 2.12. The van der Waals surface area contributed by atoms with Crippen LogP contribution in [0.2, 0.25) is 0 Å². The number of carbonyl (C=O) groups excluding carboxylic acids is 1. The number of hydrogen-bond donors (Lipinski definition) is 2. The number of pyridine rings is 1. The van der Waals surface area contributed by atoms with Gasteiger partial charge in [-0.15, -0.1) is 5.10 Å². The molecule has 4 rings (SSSR count). The summed E-state index contributed by atoms with van der Waals surface area (Å²) in [5, 5.41) is 14.0. The number of nitrogens with zero attached hydrogens (tertiary/aromatic N) is 5. The van der Waals surface area contributed by atoms with Gasteiger partial charge in [-0.05, 0) is 24.3 Å². The number of anilines is 1. The topological polar surface area (TPSA) is 122 Å². The first kappa shape index (κ1) is 19.7. The molecule has 0 fully saturated rings. The summed E-state index contributed by atoms with van der Waals surface area (Å²) >= 11 is 1.35. The molecule has 0 aliphatic heterocycles. The van der Waals surface area contributed by atoms with Crippen LogP contribution in [0.3, 0.4) is 0 Å². The Kier molecular flexibility index (Phi) is 6.09. The zero-order chi connectivity index (χ0) is 20.8. The van der Waals surface area contributed by atoms with Crippen LogP contribution < -0.4 is 5.32 Å². The van der Waals surface area contributed by atoms with Gasteiger partial charge < -0.3 is 9.84 Å². The number of thioether (sulfide) groups is 1. The monoisotopic (exact) mass is 425 g/mol. The zero-order valence-electron chi connectivity index (χ0n) is 15.6. The van der Waals surface area contributed by atoms with Crippen molar-refractivity contribution in [1.29, 1.82) is 0 Å². The van der Waals surface area contributed by atoms with Crippen LogP contribution in [-0.4, -0.2) is 36.2 Å². The molecule has 0 bridgehead atoms. The first-order valence-corrected chi connectivity index (χ1v) is 9.97. The lowest BCUT2D eigenvalue weighted by Crippen LogP contribution is -2.13. The minimum absolute atomic E-state index is 0.0957. The van der Waals surface area contributed by atoms with Gasteiger partial charge in [-0.1, -0.05) is 29.1 Å². The van der Waals surface area contributed by atoms with E-state index in [9.17, 15) is 9.18 Å². The van der Waals surface area contributed by atoms with Crippen molar-refractivity contribution in [3.05, 3.63) is 66.3 Å². The van der Waals surface area contributed by atoms with Gasteiger partial charge in [0.05, 0.1) is 11.4 Å². The molecule has 152 valence electrons. The fraction of sp³-hybridized carbons (Fsp3) is 0.158. The van der Waals surface area contributed by atoms with Crippen molar-refractivity contribution in [3.63, 3.8) is 0 Å². The summed E-state index contributed by atoms with van der Waals surface area (Å²) in [6, 6.07) is 9.69. The van der Waals surface area contributed by atoms with Gasteiger partial charge in [0.25, 0.3) is 0 Å². The summed E-state index contributed by atoms with van der Waals surface area (Å²) in [5.74, 6) is 1.02. The van der Waals surface area contributed by atoms with Crippen molar-refractivity contribution in [2.75, 3.05) is 5.32 Å². The van der Waals surface area contributed by atoms with E-state index in [0.29, 0.717) is 28.4 Å². The Morgan fingerprint density at radius 3 is 2.93 bits per heavy atom. The van der Waals surface area contributed by atoms with Crippen LogP contribution in [0, 0.1) is 5.82 Å². The third-order valence-electron chi connectivity index (χ3n) is 3.95. The average Bonchev–Trinajstić information content (AvgIpc) is 3.43. The van der Waals surface area contributed by atoms with E-state index >= 15 is 0 Å². The summed E-state index contributed by atoms with van der Waals surface area (Å²) in [4.78, 5) is 24.7. The van der Waals surface area contributed by atoms with Crippen LogP contribution >= 0.6 is 11.8 Å². The van der Waals surface area contributed by atoms with Crippen LogP contribution in [-0.2, 0) is 17.0 Å². The van der Waals surface area contributed by atoms with Gasteiger partial charge in [0, 0.05) is 30.8 Å². The third kappa shape index (κ3) is 5.06. The zero-order valence-corrected chi connectivity index (χ0v) is 16.4. The van der Waals surface area contributed by atoms with Crippen molar-refractivity contribution in [3.8, 4) is 11.4 Å². The van der Waals surface area contributed by atoms with Crippen molar-refractivity contribution in [1.82, 2.24) is 30.3 Å². The molecule has 3 aromatic heterocycles. The van der Waals surface area contributed by atoms with Crippen LogP contribution in [0.25, 0.3) is 11.4 Å². The minimum Gasteiger partial charge on any atom is -0.339 e. The molecule has 9 nitrogen and oxygen atoms in total. The Balaban J connectivity index is 1.26. The van der Waals surface area contributed by atoms with Gasteiger partial charge in [-0.2, -0.15) is 4.98 Å². The molecular weight excluding hydrogens is 409 g/mol. The molecule has 0 saturated heterocycles. The van der Waals surface area contributed by atoms with Crippen LogP contribution in [0.15, 0.2) is 58.5 Å². The van der Waals surface area contributed by atoms with Crippen molar-refractivity contribution >= 4 is 23.4 Å². The highest BCUT2D eigenvalue weighted by atomic mass is 32.2. The molecule has 0 atom stereocenters. The predicted molar refractivity (Wildman–Crippen MR) is 107 cm³/mol. The van der Waals surface area contributed by atoms with Gasteiger partial charge in [0.15, 0.2) is 11.6 Å². The molecule has 30 heavy (non-hydrogen) atoms. The molecule has 0 aliphatic carbocycles. The largest absolute Gasteiger partial charge is 0.339 e. The van der Waals surface area contributed by atoms with Crippen LogP contribution in [0.4, 0.5) is 10.1 Å². The molecule has 1 aromatic carbocycles. The van der Waals surface area contributed by atoms with Gasteiger partial charge in [0.1, 0.15) is 5.82 Å². The maximum Gasteiger partial charge on any atom is 0.227 e. The Hall–Kier alpha value is -3.60. The summed E-state index contributed by atoms with van der Waals surface area (Å²) in [5.41, 5.74) is 0.981. The Labute approximate surface area is 174 Å². The maximum absolute atomic E-state index is 13.6. The number of hydrogen-bond acceptors (Lipinski definition) is 8. The second-order valence-corrected chi connectivity index (χ2v) is 7.07. The van der Waals surface area contributed by atoms with E-state index in [4.69, 9.17) is 4.52 Å². The van der Waals surface area contributed by atoms with E-state index in [1.807, 2.05) is 12.1 Å². The first-order valence-electron chi connectivity index (χ1n) is 8.99. The lowest BCUT2D eigenvalue weighted by Gasteiger charge is -2.04. The molecular formula is C19H16FN7O2S. The van der Waals surface area contributed by atoms with Crippen molar-refractivity contribution in [2.24, 2.45) is 0 Å². The van der Waals surface area contributed by atoms with E-state index in [0.717, 1.165) is 5.56 Å². The SMILES string of the molecule is O=C(CCc1nc(CSc2n[nH]c(-c3cccnc3)n2)no1)Nc1ccccc1F. The number of benzene rings is 1. The quantitative estimate of drug-likeness (QED) is 0.413. The number of para-hydroxylation sites is 1. The van der Waals surface area contributed by atoms with E-state index in [1.54, 1.807) is 24.5 Å². The third-order valence-corrected chi connectivity index (χ3v) is 4.80. The molecule has 0 spiro atoms. The lowest BCUT2D eigenvalue weighted by molar-refractivity contribution is -0.116. The summed E-state index contributed by atoms with van der Waals surface area (Å²) in [6.07, 6.45) is 3.73. The molecule has 0 aliphatic rings. The first-order chi connectivity index (χ1) is 14.7. The Morgan fingerprint density at radius 2 is 2.10 bits per heavy atom. The Bertz CT molecular complexity index is 1130. The molecule has 4 aromatic rings. The van der Waals surface area contributed by atoms with Crippen LogP contribution in [0.1, 0.15) is 18.1 Å². The summed E-state index contributed by atoms with van der Waals surface area (Å²) < 4.78 is 18.7. The minimum atomic E-state index is -0.485. The fourth-order valence-corrected chi connectivity index (χ4v) is 3.16. The van der Waals surface area contributed by atoms with Gasteiger partial charge in [-0.25, -0.2) is 9.37 Å². The highest BCUT2D eigenvalue weighted by molar-refractivity contribution is 7.98. The molecule has 1 amide bonds. The number of carbonyl (C=O) groups is 1. The molecule has 11 heteroatoms. The number of aryl methyl sites for hydroxylation is 1. The van der Waals surface area contributed by atoms with Crippen molar-refractivity contribution in [2.45, 2.75) is 23.8 Å². The number of aromatic amines is 1. The van der Waals surface area contributed by atoms with E-state index in [2.05, 4.69) is 35.6 Å². The molecule has 3 heterocycles. The number of amides is 1. The summed E-state index contributed by atoms with van der Waals surface area (Å²) in [7, 11) is 0. The molecule has 2 N–H and O–H groups in total. The standard InChI is InChI=1S/C19H16FN7O2S/c20-13-5-1-2-6-14(13)22-16(28)7-8-17-23-15(27-29-17)11-30-19-24-18(25-26-19)12-4-3-9-21-10-12/h1-6,9-10H,7-8,11H2,(H,22,28)(H,24,25,26). The maximum atomic E-state index is 13.6. The second-order valence-electron chi connectivity index (χ2n) is 6.13. The number of halogens is 1. The second kappa shape index (κ2) is 9.27. The molecule has 0 unspecified atom stereocenters. The van der Waals surface area contributed by atoms with Gasteiger partial charge in [-0.3, -0.25) is 14.9 Å². The van der Waals surface area contributed by atoms with Crippen LogP contribution in [0.5, 0.6) is 0 Å². The van der Waals surface area contributed by atoms with Gasteiger partial charge >= 0.3 is 0 Å². The Morgan fingerprint density at radius 1 is 1.20 bits per heavy atom. The lowest BCUT2D eigenvalue weighted by atomic mass is 10.2. The number of H-pyrrole nitrogens is 1. The normalized spacial score (nSPS) is 10.8. The van der Waals surface area contributed by atoms with E-state index < -0.39 is 5.82 Å². The predicted octanol–water partition coefficient (Wildman–Crippen LogP) is 3.25. The van der Waals surface area contributed by atoms with E-state index in [1.165, 1.54) is 23.9 Å². The smallest absolute Gasteiger partial charge is 0.227 e. The molecule has 0 radical (unpaired) electrons. The van der Waals surface area contributed by atoms with E-state index in [-0.39, 0.29) is 24.4 Å². The average molecular weight is 425 g/mol. The summed E-state index contributed by atoms with van der Waals surface area (Å²) in [6.45, 7) is 0. The van der Waals surface area contributed by atoms with Gasteiger partial charge in [0.2, 0.25) is 17.0 Å². The number of aromatic nitrogens is 6. The fourth-order valence-electron chi connectivity index (χ4n) is 2.52. The van der Waals surface area contributed by atoms with Crippen molar-refractivity contribution < 1.29 is 13.7 Å². The number of rotatable bonds is 8.